The lowest BCUT2D eigenvalue weighted by molar-refractivity contribution is -0.121. The maximum atomic E-state index is 11.7. The smallest absolute Gasteiger partial charge is 0.136 e. The molecule has 0 heterocycles. The fourth-order valence-electron chi connectivity index (χ4n) is 4.44. The van der Waals surface area contributed by atoms with Gasteiger partial charge in [-0.25, -0.2) is 0 Å². The number of ketones is 1. The Morgan fingerprint density at radius 1 is 1.33 bits per heavy atom. The van der Waals surface area contributed by atoms with E-state index in [-0.39, 0.29) is 11.3 Å². The molecule has 3 saturated carbocycles. The molecule has 0 aromatic rings. The number of carbonyl (C=O) groups is 1. The van der Waals surface area contributed by atoms with Crippen LogP contribution in [0.25, 0.3) is 0 Å². The third-order valence-electron chi connectivity index (χ3n) is 5.13. The highest BCUT2D eigenvalue weighted by molar-refractivity contribution is 5.84. The fourth-order valence-corrected chi connectivity index (χ4v) is 4.44. The second-order valence-corrected chi connectivity index (χ2v) is 5.55. The van der Waals surface area contributed by atoms with Gasteiger partial charge in [-0.2, -0.15) is 5.26 Å². The van der Waals surface area contributed by atoms with E-state index in [1.165, 1.54) is 19.3 Å². The SMILES string of the molecule is N#C[C@@]12CCCC[C@H]1C[C@H]1C(=O)CC[C@H]12. The highest BCUT2D eigenvalue weighted by Crippen LogP contribution is 2.61. The molecule has 0 bridgehead atoms. The van der Waals surface area contributed by atoms with Gasteiger partial charge in [-0.3, -0.25) is 4.79 Å². The third-order valence-corrected chi connectivity index (χ3v) is 5.13. The van der Waals surface area contributed by atoms with Crippen molar-refractivity contribution in [3.63, 3.8) is 0 Å². The maximum absolute atomic E-state index is 11.7. The van der Waals surface area contributed by atoms with Crippen molar-refractivity contribution < 1.29 is 4.79 Å². The van der Waals surface area contributed by atoms with E-state index in [4.69, 9.17) is 0 Å². The molecule has 3 fully saturated rings. The molecule has 0 aromatic heterocycles. The Labute approximate surface area is 90.7 Å². The Hall–Kier alpha value is -0.840. The van der Waals surface area contributed by atoms with E-state index in [9.17, 15) is 10.1 Å². The van der Waals surface area contributed by atoms with Gasteiger partial charge in [0.05, 0.1) is 11.5 Å². The van der Waals surface area contributed by atoms with E-state index in [1.807, 2.05) is 0 Å². The minimum absolute atomic E-state index is 0.102. The minimum Gasteiger partial charge on any atom is -0.299 e. The van der Waals surface area contributed by atoms with Crippen LogP contribution in [0, 0.1) is 34.5 Å². The van der Waals surface area contributed by atoms with E-state index in [0.717, 1.165) is 25.7 Å². The standard InChI is InChI=1S/C13H17NO/c14-8-13-6-2-1-3-9(13)7-10-11(13)4-5-12(10)15/h9-11H,1-7H2/t9-,10+,11+,13-/m0/s1. The number of nitriles is 1. The molecule has 0 spiro atoms. The van der Waals surface area contributed by atoms with Gasteiger partial charge in [-0.05, 0) is 37.5 Å². The lowest BCUT2D eigenvalue weighted by Gasteiger charge is -2.37. The van der Waals surface area contributed by atoms with Crippen molar-refractivity contribution in [3.8, 4) is 6.07 Å². The molecule has 3 rings (SSSR count). The summed E-state index contributed by atoms with van der Waals surface area (Å²) in [7, 11) is 0. The van der Waals surface area contributed by atoms with Gasteiger partial charge in [0.15, 0.2) is 0 Å². The summed E-state index contributed by atoms with van der Waals surface area (Å²) in [5.41, 5.74) is -0.102. The Morgan fingerprint density at radius 2 is 2.20 bits per heavy atom. The lowest BCUT2D eigenvalue weighted by Crippen LogP contribution is -2.33. The molecule has 0 unspecified atom stereocenters. The van der Waals surface area contributed by atoms with Gasteiger partial charge in [-0.15, -0.1) is 0 Å². The molecule has 0 aromatic carbocycles. The number of nitrogens with zero attached hydrogens (tertiary/aromatic N) is 1. The number of Topliss-reactive ketones (excluding diaryl/α,β-unsaturated/α-hetero) is 1. The van der Waals surface area contributed by atoms with Crippen molar-refractivity contribution in [2.75, 3.05) is 0 Å². The summed E-state index contributed by atoms with van der Waals surface area (Å²) in [5.74, 6) is 1.66. The zero-order valence-corrected chi connectivity index (χ0v) is 9.04. The first kappa shape index (κ1) is 9.39. The van der Waals surface area contributed by atoms with Crippen LogP contribution in [0.4, 0.5) is 0 Å². The van der Waals surface area contributed by atoms with Crippen molar-refractivity contribution in [1.29, 1.82) is 5.26 Å². The summed E-state index contributed by atoms with van der Waals surface area (Å²) >= 11 is 0. The number of rotatable bonds is 0. The first-order valence-electron chi connectivity index (χ1n) is 6.22. The molecule has 0 amide bonds. The molecular weight excluding hydrogens is 186 g/mol. The summed E-state index contributed by atoms with van der Waals surface area (Å²) in [6.45, 7) is 0. The van der Waals surface area contributed by atoms with Crippen LogP contribution >= 0.6 is 0 Å². The number of hydrogen-bond acceptors (Lipinski definition) is 2. The van der Waals surface area contributed by atoms with Crippen LogP contribution in [-0.4, -0.2) is 5.78 Å². The molecular formula is C13H17NO. The van der Waals surface area contributed by atoms with Crippen molar-refractivity contribution in [2.24, 2.45) is 23.2 Å². The van der Waals surface area contributed by atoms with Gasteiger partial charge in [-0.1, -0.05) is 12.8 Å². The van der Waals surface area contributed by atoms with Crippen LogP contribution in [-0.2, 0) is 4.79 Å². The highest BCUT2D eigenvalue weighted by atomic mass is 16.1. The molecule has 0 saturated heterocycles. The number of hydrogen-bond donors (Lipinski definition) is 0. The Kier molecular flexibility index (Phi) is 1.92. The third kappa shape index (κ3) is 1.07. The van der Waals surface area contributed by atoms with Gasteiger partial charge < -0.3 is 0 Å². The van der Waals surface area contributed by atoms with Crippen LogP contribution in [0.1, 0.15) is 44.9 Å². The second kappa shape index (κ2) is 3.07. The van der Waals surface area contributed by atoms with E-state index in [0.29, 0.717) is 17.6 Å². The first-order chi connectivity index (χ1) is 7.28. The van der Waals surface area contributed by atoms with Gasteiger partial charge in [0.25, 0.3) is 0 Å². The van der Waals surface area contributed by atoms with Gasteiger partial charge in [0.2, 0.25) is 0 Å². The molecule has 3 aliphatic rings. The Morgan fingerprint density at radius 3 is 3.00 bits per heavy atom. The summed E-state index contributed by atoms with van der Waals surface area (Å²) in [4.78, 5) is 11.7. The van der Waals surface area contributed by atoms with Crippen LogP contribution in [0.5, 0.6) is 0 Å². The average molecular weight is 203 g/mol. The van der Waals surface area contributed by atoms with Crippen LogP contribution < -0.4 is 0 Å². The molecule has 2 nitrogen and oxygen atoms in total. The van der Waals surface area contributed by atoms with Gasteiger partial charge in [0.1, 0.15) is 5.78 Å². The first-order valence-corrected chi connectivity index (χ1v) is 6.22. The van der Waals surface area contributed by atoms with Crippen LogP contribution in [0.2, 0.25) is 0 Å². The number of carbonyl (C=O) groups excluding carboxylic acids is 1. The molecule has 0 N–H and O–H groups in total. The molecule has 4 atom stereocenters. The number of fused-ring (bicyclic) bond motifs is 3. The monoisotopic (exact) mass is 203 g/mol. The van der Waals surface area contributed by atoms with E-state index < -0.39 is 0 Å². The zero-order chi connectivity index (χ0) is 10.5. The van der Waals surface area contributed by atoms with E-state index in [2.05, 4.69) is 6.07 Å². The zero-order valence-electron chi connectivity index (χ0n) is 9.04. The summed E-state index contributed by atoms with van der Waals surface area (Å²) in [6.07, 6.45) is 7.47. The average Bonchev–Trinajstić information content (AvgIpc) is 2.78. The molecule has 0 radical (unpaired) electrons. The van der Waals surface area contributed by atoms with Crippen molar-refractivity contribution >= 4 is 5.78 Å². The molecule has 0 aliphatic heterocycles. The lowest BCUT2D eigenvalue weighted by atomic mass is 9.64. The predicted molar refractivity (Wildman–Crippen MR) is 55.8 cm³/mol. The maximum Gasteiger partial charge on any atom is 0.136 e. The minimum atomic E-state index is -0.102. The van der Waals surface area contributed by atoms with Crippen LogP contribution in [0.3, 0.4) is 0 Å². The predicted octanol–water partition coefficient (Wildman–Crippen LogP) is 2.69. The molecule has 80 valence electrons. The van der Waals surface area contributed by atoms with E-state index in [1.54, 1.807) is 0 Å². The second-order valence-electron chi connectivity index (χ2n) is 5.55. The summed E-state index contributed by atoms with van der Waals surface area (Å²) < 4.78 is 0. The van der Waals surface area contributed by atoms with E-state index >= 15 is 0 Å². The molecule has 2 heteroatoms. The van der Waals surface area contributed by atoms with Gasteiger partial charge in [0, 0.05) is 12.3 Å². The highest BCUT2D eigenvalue weighted by Gasteiger charge is 2.59. The summed E-state index contributed by atoms with van der Waals surface area (Å²) in [6, 6.07) is 2.62. The fraction of sp³-hybridized carbons (Fsp3) is 0.846. The quantitative estimate of drug-likeness (QED) is 0.607. The Balaban J connectivity index is 1.99. The molecule has 15 heavy (non-hydrogen) atoms. The molecule has 3 aliphatic carbocycles. The van der Waals surface area contributed by atoms with Crippen molar-refractivity contribution in [1.82, 2.24) is 0 Å². The van der Waals surface area contributed by atoms with Crippen molar-refractivity contribution in [3.05, 3.63) is 0 Å². The largest absolute Gasteiger partial charge is 0.299 e. The topological polar surface area (TPSA) is 40.9 Å². The summed E-state index contributed by atoms with van der Waals surface area (Å²) in [5, 5.41) is 9.52. The van der Waals surface area contributed by atoms with Gasteiger partial charge >= 0.3 is 0 Å². The Bertz CT molecular complexity index is 343. The van der Waals surface area contributed by atoms with Crippen molar-refractivity contribution in [2.45, 2.75) is 44.9 Å². The van der Waals surface area contributed by atoms with Crippen LogP contribution in [0.15, 0.2) is 0 Å². The normalized spacial score (nSPS) is 48.5.